The van der Waals surface area contributed by atoms with Crippen LogP contribution in [0.5, 0.6) is 5.88 Å². The van der Waals surface area contributed by atoms with Crippen LogP contribution in [0.4, 0.5) is 5.69 Å². The molecule has 2 N–H and O–H groups in total. The first-order chi connectivity index (χ1) is 14.6. The minimum Gasteiger partial charge on any atom is -0.477 e. The molecule has 30 heavy (non-hydrogen) atoms. The second-order valence-corrected chi connectivity index (χ2v) is 7.49. The smallest absolute Gasteiger partial charge is 0.222 e. The summed E-state index contributed by atoms with van der Waals surface area (Å²) in [5.74, 6) is 1.78. The molecule has 0 unspecified atom stereocenters. The van der Waals surface area contributed by atoms with Crippen LogP contribution in [0.15, 0.2) is 30.7 Å². The Labute approximate surface area is 174 Å². The lowest BCUT2D eigenvalue weighted by atomic mass is 10.1. The van der Waals surface area contributed by atoms with Crippen molar-refractivity contribution in [1.29, 1.82) is 0 Å². The van der Waals surface area contributed by atoms with Gasteiger partial charge in [0.15, 0.2) is 0 Å². The van der Waals surface area contributed by atoms with Gasteiger partial charge in [-0.15, -0.1) is 0 Å². The highest BCUT2D eigenvalue weighted by atomic mass is 16.5. The van der Waals surface area contributed by atoms with Crippen molar-refractivity contribution in [1.82, 2.24) is 34.9 Å². The molecule has 4 aromatic heterocycles. The number of pyridine rings is 2. The summed E-state index contributed by atoms with van der Waals surface area (Å²) in [5.41, 5.74) is 5.29. The van der Waals surface area contributed by atoms with Crippen molar-refractivity contribution >= 4 is 16.7 Å². The molecule has 9 heteroatoms. The van der Waals surface area contributed by atoms with Gasteiger partial charge in [-0.3, -0.25) is 9.78 Å². The van der Waals surface area contributed by atoms with E-state index >= 15 is 0 Å². The number of hydrogen-bond acceptors (Lipinski definition) is 7. The molecule has 0 aromatic carbocycles. The topological polar surface area (TPSA) is 106 Å². The van der Waals surface area contributed by atoms with E-state index in [4.69, 9.17) is 14.8 Å². The van der Waals surface area contributed by atoms with Gasteiger partial charge in [-0.05, 0) is 38.0 Å². The quantitative estimate of drug-likeness (QED) is 0.460. The normalized spacial score (nSPS) is 11.4. The van der Waals surface area contributed by atoms with Crippen molar-refractivity contribution in [3.8, 4) is 17.1 Å². The fourth-order valence-corrected chi connectivity index (χ4v) is 3.41. The van der Waals surface area contributed by atoms with Crippen LogP contribution < -0.4 is 10.1 Å². The molecule has 0 amide bonds. The zero-order valence-corrected chi connectivity index (χ0v) is 17.7. The highest BCUT2D eigenvalue weighted by molar-refractivity contribution is 5.93. The van der Waals surface area contributed by atoms with Crippen molar-refractivity contribution in [3.05, 3.63) is 42.2 Å². The maximum absolute atomic E-state index is 5.73. The summed E-state index contributed by atoms with van der Waals surface area (Å²) in [4.78, 5) is 13.5. The molecule has 0 spiro atoms. The first kappa shape index (κ1) is 19.8. The summed E-state index contributed by atoms with van der Waals surface area (Å²) in [6, 6.07) is 5.89. The van der Waals surface area contributed by atoms with Crippen molar-refractivity contribution < 1.29 is 4.74 Å². The lowest BCUT2D eigenvalue weighted by Gasteiger charge is -2.14. The SMILES string of the molecule is CCOc1ncccc1-c1cc(NCc2ncn[nH]2)c2c(n1)c(C)nn2CC(C)C. The molecule has 0 fully saturated rings. The molecule has 4 aromatic rings. The molecule has 0 aliphatic rings. The molecular formula is C21H26N8O. The van der Waals surface area contributed by atoms with E-state index < -0.39 is 0 Å². The Morgan fingerprint density at radius 3 is 2.87 bits per heavy atom. The van der Waals surface area contributed by atoms with Gasteiger partial charge in [-0.25, -0.2) is 15.0 Å². The molecule has 156 valence electrons. The number of fused-ring (bicyclic) bond motifs is 1. The Kier molecular flexibility index (Phi) is 5.60. The number of aromatic nitrogens is 7. The monoisotopic (exact) mass is 406 g/mol. The molecule has 0 bridgehead atoms. The van der Waals surface area contributed by atoms with E-state index in [1.165, 1.54) is 6.33 Å². The Hall–Kier alpha value is -3.49. The average Bonchev–Trinajstić information content (AvgIpc) is 3.35. The molecule has 0 aliphatic heterocycles. The summed E-state index contributed by atoms with van der Waals surface area (Å²) in [6.45, 7) is 10.1. The zero-order chi connectivity index (χ0) is 21.1. The predicted molar refractivity (Wildman–Crippen MR) is 115 cm³/mol. The van der Waals surface area contributed by atoms with E-state index in [1.54, 1.807) is 6.20 Å². The van der Waals surface area contributed by atoms with E-state index in [0.29, 0.717) is 24.9 Å². The van der Waals surface area contributed by atoms with Crippen LogP contribution in [0.25, 0.3) is 22.3 Å². The zero-order valence-electron chi connectivity index (χ0n) is 17.7. The number of aryl methyl sites for hydroxylation is 1. The highest BCUT2D eigenvalue weighted by Crippen LogP contribution is 2.33. The molecule has 4 heterocycles. The van der Waals surface area contributed by atoms with Crippen molar-refractivity contribution in [3.63, 3.8) is 0 Å². The fourth-order valence-electron chi connectivity index (χ4n) is 3.41. The van der Waals surface area contributed by atoms with Crippen molar-refractivity contribution in [2.75, 3.05) is 11.9 Å². The summed E-state index contributed by atoms with van der Waals surface area (Å²) in [5, 5.41) is 15.1. The molecule has 0 aliphatic carbocycles. The van der Waals surface area contributed by atoms with E-state index in [0.717, 1.165) is 46.0 Å². The minimum absolute atomic E-state index is 0.456. The Balaban J connectivity index is 1.86. The van der Waals surface area contributed by atoms with Crippen molar-refractivity contribution in [2.24, 2.45) is 5.92 Å². The van der Waals surface area contributed by atoms with Crippen LogP contribution >= 0.6 is 0 Å². The Bertz CT molecular complexity index is 1130. The largest absolute Gasteiger partial charge is 0.477 e. The third-order valence-electron chi connectivity index (χ3n) is 4.64. The minimum atomic E-state index is 0.456. The van der Waals surface area contributed by atoms with E-state index in [9.17, 15) is 0 Å². The summed E-state index contributed by atoms with van der Waals surface area (Å²) in [6.07, 6.45) is 3.23. The van der Waals surface area contributed by atoms with Crippen LogP contribution in [0, 0.1) is 12.8 Å². The molecular weight excluding hydrogens is 380 g/mol. The molecule has 0 radical (unpaired) electrons. The number of rotatable bonds is 8. The van der Waals surface area contributed by atoms with Gasteiger partial charge in [0.25, 0.3) is 0 Å². The predicted octanol–water partition coefficient (Wildman–Crippen LogP) is 3.59. The number of hydrogen-bond donors (Lipinski definition) is 2. The highest BCUT2D eigenvalue weighted by Gasteiger charge is 2.19. The van der Waals surface area contributed by atoms with Crippen LogP contribution in [0.2, 0.25) is 0 Å². The fraction of sp³-hybridized carbons (Fsp3) is 0.381. The molecule has 4 rings (SSSR count). The van der Waals surface area contributed by atoms with Gasteiger partial charge in [0.2, 0.25) is 5.88 Å². The van der Waals surface area contributed by atoms with Gasteiger partial charge in [0.05, 0.1) is 35.8 Å². The lowest BCUT2D eigenvalue weighted by molar-refractivity contribution is 0.328. The van der Waals surface area contributed by atoms with Gasteiger partial charge in [-0.2, -0.15) is 10.2 Å². The van der Waals surface area contributed by atoms with Gasteiger partial charge >= 0.3 is 0 Å². The van der Waals surface area contributed by atoms with E-state index in [1.807, 2.05) is 36.7 Å². The van der Waals surface area contributed by atoms with E-state index in [2.05, 4.69) is 39.3 Å². The van der Waals surface area contributed by atoms with Gasteiger partial charge < -0.3 is 10.1 Å². The first-order valence-electron chi connectivity index (χ1n) is 10.1. The van der Waals surface area contributed by atoms with E-state index in [-0.39, 0.29) is 0 Å². The Morgan fingerprint density at radius 1 is 1.27 bits per heavy atom. The maximum atomic E-state index is 5.73. The third-order valence-corrected chi connectivity index (χ3v) is 4.64. The first-order valence-corrected chi connectivity index (χ1v) is 10.1. The standard InChI is InChI=1S/C21H26N8O/c1-5-30-21-15(7-6-8-22-21)16-9-17(23-10-18-24-12-25-27-18)20-19(26-16)14(4)28-29(20)11-13(2)3/h6-9,12-13H,5,10-11H2,1-4H3,(H,23,26)(H,24,25,27). The summed E-state index contributed by atoms with van der Waals surface area (Å²) in [7, 11) is 0. The molecule has 9 nitrogen and oxygen atoms in total. The van der Waals surface area contributed by atoms with Crippen LogP contribution in [-0.2, 0) is 13.1 Å². The van der Waals surface area contributed by atoms with Crippen LogP contribution in [-0.4, -0.2) is 41.5 Å². The number of nitrogens with zero attached hydrogens (tertiary/aromatic N) is 6. The third kappa shape index (κ3) is 3.96. The number of aromatic amines is 1. The molecule has 0 atom stereocenters. The van der Waals surface area contributed by atoms with Crippen molar-refractivity contribution in [2.45, 2.75) is 40.8 Å². The second-order valence-electron chi connectivity index (χ2n) is 7.49. The summed E-state index contributed by atoms with van der Waals surface area (Å²) < 4.78 is 7.76. The van der Waals surface area contributed by atoms with Gasteiger partial charge in [0.1, 0.15) is 23.2 Å². The number of anilines is 1. The van der Waals surface area contributed by atoms with Gasteiger partial charge in [-0.1, -0.05) is 13.8 Å². The van der Waals surface area contributed by atoms with Crippen LogP contribution in [0.1, 0.15) is 32.3 Å². The van der Waals surface area contributed by atoms with Gasteiger partial charge in [0, 0.05) is 12.7 Å². The lowest BCUT2D eigenvalue weighted by Crippen LogP contribution is -2.09. The number of nitrogens with one attached hydrogen (secondary N) is 2. The average molecular weight is 406 g/mol. The molecule has 0 saturated carbocycles. The Morgan fingerprint density at radius 2 is 2.13 bits per heavy atom. The number of ether oxygens (including phenoxy) is 1. The van der Waals surface area contributed by atoms with Crippen LogP contribution in [0.3, 0.4) is 0 Å². The molecule has 0 saturated heterocycles. The summed E-state index contributed by atoms with van der Waals surface area (Å²) >= 11 is 0. The second kappa shape index (κ2) is 8.48. The number of H-pyrrole nitrogens is 1. The maximum Gasteiger partial charge on any atom is 0.222 e.